The molecule has 0 bridgehead atoms. The van der Waals surface area contributed by atoms with Gasteiger partial charge < -0.3 is 0 Å². The Bertz CT molecular complexity index is 3390. The second-order valence-electron chi connectivity index (χ2n) is 16.4. The van der Waals surface area contributed by atoms with Crippen molar-refractivity contribution in [2.24, 2.45) is 0 Å². The molecule has 0 fully saturated rings. The van der Waals surface area contributed by atoms with Crippen molar-refractivity contribution in [3.8, 4) is 44.5 Å². The fourth-order valence-electron chi connectivity index (χ4n) is 9.92. The first-order chi connectivity index (χ1) is 31.2. The fourth-order valence-corrected chi connectivity index (χ4v) is 17.2. The number of fused-ring (bicyclic) bond motifs is 6. The van der Waals surface area contributed by atoms with Gasteiger partial charge in [-0.25, -0.2) is 0 Å². The molecule has 0 aliphatic rings. The zero-order valence-electron chi connectivity index (χ0n) is 34.4. The normalized spacial score (nSPS) is 11.8. The summed E-state index contributed by atoms with van der Waals surface area (Å²) in [6.45, 7) is 0. The molecule has 0 radical (unpaired) electrons. The van der Waals surface area contributed by atoms with Crippen LogP contribution in [0.25, 0.3) is 84.9 Å². The molecular formula is C60H40S2Si. The van der Waals surface area contributed by atoms with Gasteiger partial charge in [-0.1, -0.05) is 218 Å². The van der Waals surface area contributed by atoms with Crippen LogP contribution in [0, 0.1) is 0 Å². The van der Waals surface area contributed by atoms with Crippen LogP contribution in [-0.4, -0.2) is 8.07 Å². The predicted octanol–water partition coefficient (Wildman–Crippen LogP) is 14.5. The van der Waals surface area contributed by atoms with Crippen molar-refractivity contribution in [1.82, 2.24) is 0 Å². The highest BCUT2D eigenvalue weighted by Crippen LogP contribution is 2.42. The molecule has 63 heavy (non-hydrogen) atoms. The molecule has 12 aromatic rings. The van der Waals surface area contributed by atoms with Gasteiger partial charge in [0.1, 0.15) is 0 Å². The Morgan fingerprint density at radius 3 is 1.03 bits per heavy atom. The molecule has 0 amide bonds. The first-order valence-corrected chi connectivity index (χ1v) is 25.2. The van der Waals surface area contributed by atoms with Crippen LogP contribution in [0.15, 0.2) is 243 Å². The lowest BCUT2D eigenvalue weighted by Crippen LogP contribution is -2.74. The third-order valence-corrected chi connectivity index (χ3v) is 20.0. The van der Waals surface area contributed by atoms with Crippen LogP contribution in [-0.2, 0) is 0 Å². The standard InChI is InChI=1S/C60H40S2Si/c1-3-23-47(24-4-1)63(48-25-5-2-6-26-48,49-27-13-19-43(39-49)41-17-11-21-45(37-41)51-31-15-33-55-53-29-7-9-35-57(53)61-59(51)55)50-28-14-20-44(40-50)42-18-12-22-46(38-42)52-32-16-34-56-54-30-8-10-36-58(54)62-60(52)56/h1-40H. The summed E-state index contributed by atoms with van der Waals surface area (Å²) in [4.78, 5) is 0. The lowest BCUT2D eigenvalue weighted by molar-refractivity contribution is 1.60. The van der Waals surface area contributed by atoms with Crippen LogP contribution in [0.4, 0.5) is 0 Å². The molecule has 0 atom stereocenters. The topological polar surface area (TPSA) is 0 Å². The Hall–Kier alpha value is -7.14. The zero-order chi connectivity index (χ0) is 41.7. The van der Waals surface area contributed by atoms with E-state index >= 15 is 0 Å². The molecule has 0 nitrogen and oxygen atoms in total. The van der Waals surface area contributed by atoms with Gasteiger partial charge in [-0.2, -0.15) is 0 Å². The molecule has 0 saturated carbocycles. The van der Waals surface area contributed by atoms with E-state index in [0.717, 1.165) is 0 Å². The molecule has 0 aliphatic heterocycles. The Kier molecular flexibility index (Phi) is 9.34. The molecular weight excluding hydrogens is 813 g/mol. The van der Waals surface area contributed by atoms with Gasteiger partial charge in [0.15, 0.2) is 8.07 Å². The Morgan fingerprint density at radius 2 is 0.571 bits per heavy atom. The molecule has 0 spiro atoms. The molecule has 10 aromatic carbocycles. The Labute approximate surface area is 376 Å². The Morgan fingerprint density at radius 1 is 0.238 bits per heavy atom. The summed E-state index contributed by atoms with van der Waals surface area (Å²) in [5, 5.41) is 10.7. The molecule has 2 aromatic heterocycles. The average Bonchev–Trinajstić information content (AvgIpc) is 3.94. The minimum Gasteiger partial charge on any atom is -0.135 e. The molecule has 0 unspecified atom stereocenters. The van der Waals surface area contributed by atoms with Crippen molar-refractivity contribution >= 4 is 91.8 Å². The van der Waals surface area contributed by atoms with Crippen LogP contribution in [0.2, 0.25) is 0 Å². The van der Waals surface area contributed by atoms with Gasteiger partial charge in [0, 0.05) is 40.3 Å². The van der Waals surface area contributed by atoms with E-state index in [1.807, 2.05) is 22.7 Å². The van der Waals surface area contributed by atoms with E-state index in [4.69, 9.17) is 0 Å². The van der Waals surface area contributed by atoms with E-state index in [0.29, 0.717) is 0 Å². The van der Waals surface area contributed by atoms with E-state index in [2.05, 4.69) is 243 Å². The van der Waals surface area contributed by atoms with Gasteiger partial charge in [-0.3, -0.25) is 0 Å². The fraction of sp³-hybridized carbons (Fsp3) is 0. The van der Waals surface area contributed by atoms with Crippen LogP contribution in [0.3, 0.4) is 0 Å². The van der Waals surface area contributed by atoms with Crippen molar-refractivity contribution in [2.75, 3.05) is 0 Å². The predicted molar refractivity (Wildman–Crippen MR) is 278 cm³/mol. The van der Waals surface area contributed by atoms with Crippen LogP contribution < -0.4 is 20.7 Å². The molecule has 0 N–H and O–H groups in total. The highest BCUT2D eigenvalue weighted by Gasteiger charge is 2.41. The van der Waals surface area contributed by atoms with E-state index in [-0.39, 0.29) is 0 Å². The average molecular weight is 853 g/mol. The van der Waals surface area contributed by atoms with Gasteiger partial charge in [0.25, 0.3) is 0 Å². The molecule has 296 valence electrons. The van der Waals surface area contributed by atoms with Crippen molar-refractivity contribution < 1.29 is 0 Å². The summed E-state index contributed by atoms with van der Waals surface area (Å²) in [5.74, 6) is 0. The first kappa shape index (κ1) is 37.6. The largest absolute Gasteiger partial charge is 0.179 e. The van der Waals surface area contributed by atoms with E-state index in [1.54, 1.807) is 0 Å². The maximum atomic E-state index is 2.49. The maximum absolute atomic E-state index is 2.89. The van der Waals surface area contributed by atoms with Gasteiger partial charge in [-0.05, 0) is 89.5 Å². The summed E-state index contributed by atoms with van der Waals surface area (Å²) in [7, 11) is -2.89. The quantitative estimate of drug-likeness (QED) is 0.106. The summed E-state index contributed by atoms with van der Waals surface area (Å²) in [5.41, 5.74) is 9.93. The van der Waals surface area contributed by atoms with Gasteiger partial charge in [0.2, 0.25) is 0 Å². The van der Waals surface area contributed by atoms with E-state index in [9.17, 15) is 0 Å². The van der Waals surface area contributed by atoms with Gasteiger partial charge in [-0.15, -0.1) is 22.7 Å². The monoisotopic (exact) mass is 852 g/mol. The highest BCUT2D eigenvalue weighted by atomic mass is 32.1. The highest BCUT2D eigenvalue weighted by molar-refractivity contribution is 7.26. The zero-order valence-corrected chi connectivity index (χ0v) is 37.0. The molecule has 0 aliphatic carbocycles. The molecule has 12 rings (SSSR count). The van der Waals surface area contributed by atoms with Crippen LogP contribution >= 0.6 is 22.7 Å². The number of rotatable bonds is 8. The summed E-state index contributed by atoms with van der Waals surface area (Å²) in [6.07, 6.45) is 0. The van der Waals surface area contributed by atoms with Crippen LogP contribution in [0.1, 0.15) is 0 Å². The van der Waals surface area contributed by atoms with Crippen molar-refractivity contribution in [3.63, 3.8) is 0 Å². The second-order valence-corrected chi connectivity index (χ2v) is 22.3. The minimum atomic E-state index is -2.89. The van der Waals surface area contributed by atoms with Crippen LogP contribution in [0.5, 0.6) is 0 Å². The summed E-state index contributed by atoms with van der Waals surface area (Å²) >= 11 is 3.78. The summed E-state index contributed by atoms with van der Waals surface area (Å²) in [6, 6.07) is 90.8. The third kappa shape index (κ3) is 6.39. The molecule has 0 saturated heterocycles. The van der Waals surface area contributed by atoms with E-state index in [1.165, 1.54) is 106 Å². The van der Waals surface area contributed by atoms with Gasteiger partial charge in [0.05, 0.1) is 0 Å². The Balaban J connectivity index is 1.01. The minimum absolute atomic E-state index is 1.22. The SMILES string of the molecule is c1ccc([Si](c2ccccc2)(c2cccc(-c3cccc(-c4cccc5c4sc4ccccc45)c3)c2)c2cccc(-c3cccc(-c4cccc5c4sc4ccccc45)c3)c2)cc1. The molecule has 2 heterocycles. The second kappa shape index (κ2) is 15.6. The smallest absolute Gasteiger partial charge is 0.135 e. The van der Waals surface area contributed by atoms with Crippen molar-refractivity contribution in [2.45, 2.75) is 0 Å². The number of thiophene rings is 2. The molecule has 3 heteroatoms. The number of hydrogen-bond acceptors (Lipinski definition) is 2. The number of benzene rings is 10. The first-order valence-electron chi connectivity index (χ1n) is 21.6. The van der Waals surface area contributed by atoms with Gasteiger partial charge >= 0.3 is 0 Å². The van der Waals surface area contributed by atoms with Crippen molar-refractivity contribution in [1.29, 1.82) is 0 Å². The summed E-state index contributed by atoms with van der Waals surface area (Å²) < 4.78 is 5.33. The maximum Gasteiger partial charge on any atom is 0.179 e. The number of hydrogen-bond donors (Lipinski definition) is 0. The van der Waals surface area contributed by atoms with E-state index < -0.39 is 8.07 Å². The van der Waals surface area contributed by atoms with Crippen molar-refractivity contribution in [3.05, 3.63) is 243 Å². The lowest BCUT2D eigenvalue weighted by Gasteiger charge is -2.35. The lowest BCUT2D eigenvalue weighted by atomic mass is 9.98. The third-order valence-electron chi connectivity index (χ3n) is 12.8.